The predicted octanol–water partition coefficient (Wildman–Crippen LogP) is 3.62. The number of benzene rings is 1. The number of aldehydes is 1. The highest BCUT2D eigenvalue weighted by molar-refractivity contribution is 7.72. The molecular formula is C14H26OSi3. The molecule has 18 heavy (non-hydrogen) atoms. The quantitative estimate of drug-likeness (QED) is 0.612. The second kappa shape index (κ2) is 4.90. The van der Waals surface area contributed by atoms with Crippen molar-refractivity contribution in [3.8, 4) is 0 Å². The molecule has 0 unspecified atom stereocenters. The third-order valence-corrected chi connectivity index (χ3v) is 45.3. The summed E-state index contributed by atoms with van der Waals surface area (Å²) in [5.74, 6) is 0. The first-order valence-electron chi connectivity index (χ1n) is 6.60. The van der Waals surface area contributed by atoms with Crippen LogP contribution in [0.4, 0.5) is 0 Å². The third-order valence-electron chi connectivity index (χ3n) is 4.62. The second-order valence-electron chi connectivity index (χ2n) is 7.36. The minimum absolute atomic E-state index is 0.793. The van der Waals surface area contributed by atoms with Crippen LogP contribution in [0.15, 0.2) is 24.3 Å². The molecule has 0 radical (unpaired) electrons. The average molecular weight is 295 g/mol. The lowest BCUT2D eigenvalue weighted by Gasteiger charge is -2.48. The van der Waals surface area contributed by atoms with Crippen molar-refractivity contribution in [3.05, 3.63) is 29.8 Å². The van der Waals surface area contributed by atoms with Gasteiger partial charge in [-0.2, -0.15) is 0 Å². The molecule has 0 atom stereocenters. The van der Waals surface area contributed by atoms with E-state index in [9.17, 15) is 4.79 Å². The Kier molecular flexibility index (Phi) is 4.25. The molecular weight excluding hydrogens is 268 g/mol. The number of carbonyl (C=O) groups excluding carboxylic acids is 1. The Hall–Kier alpha value is -0.459. The Morgan fingerprint density at radius 1 is 0.778 bits per heavy atom. The Labute approximate surface area is 114 Å². The Morgan fingerprint density at radius 2 is 1.17 bits per heavy atom. The summed E-state index contributed by atoms with van der Waals surface area (Å²) in [5.41, 5.74) is 0.793. The van der Waals surface area contributed by atoms with Crippen LogP contribution in [-0.4, -0.2) is 28.6 Å². The van der Waals surface area contributed by atoms with Gasteiger partial charge in [-0.1, -0.05) is 75.3 Å². The fraction of sp³-hybridized carbons (Fsp3) is 0.500. The first-order chi connectivity index (χ1) is 8.04. The maximum absolute atomic E-state index is 10.8. The van der Waals surface area contributed by atoms with Gasteiger partial charge in [0.05, 0.1) is 7.11 Å². The highest BCUT2D eigenvalue weighted by atomic mass is 29.6. The van der Waals surface area contributed by atoms with Gasteiger partial charge in [0.15, 0.2) is 0 Å². The molecule has 1 aromatic rings. The van der Waals surface area contributed by atoms with Crippen molar-refractivity contribution in [3.63, 3.8) is 0 Å². The smallest absolute Gasteiger partial charge is 0.150 e. The van der Waals surface area contributed by atoms with Crippen molar-refractivity contribution in [2.45, 2.75) is 45.8 Å². The molecule has 0 aliphatic carbocycles. The molecule has 0 aliphatic heterocycles. The summed E-state index contributed by atoms with van der Waals surface area (Å²) in [6.07, 6.45) is 0.936. The van der Waals surface area contributed by atoms with Gasteiger partial charge in [0.25, 0.3) is 0 Å². The number of hydrogen-bond donors (Lipinski definition) is 0. The zero-order valence-electron chi connectivity index (χ0n) is 12.8. The Balaban J connectivity index is 3.40. The highest BCUT2D eigenvalue weighted by Gasteiger charge is 2.51. The summed E-state index contributed by atoms with van der Waals surface area (Å²) in [6, 6.07) is 8.45. The van der Waals surface area contributed by atoms with Gasteiger partial charge in [-0.15, -0.1) is 0 Å². The van der Waals surface area contributed by atoms with E-state index in [0.717, 1.165) is 11.8 Å². The predicted molar refractivity (Wildman–Crippen MR) is 89.8 cm³/mol. The minimum atomic E-state index is -1.40. The molecule has 0 aromatic heterocycles. The molecule has 0 fully saturated rings. The van der Waals surface area contributed by atoms with Crippen molar-refractivity contribution in [1.82, 2.24) is 0 Å². The Morgan fingerprint density at radius 3 is 1.44 bits per heavy atom. The topological polar surface area (TPSA) is 17.1 Å². The SMILES string of the molecule is C[Si](C)(C)[Si](C)(c1ccc(C=O)cc1)[Si](C)(C)C. The molecule has 0 bridgehead atoms. The summed E-state index contributed by atoms with van der Waals surface area (Å²) in [5, 5.41) is 1.56. The first kappa shape index (κ1) is 15.6. The van der Waals surface area contributed by atoms with E-state index in [1.54, 1.807) is 5.19 Å². The van der Waals surface area contributed by atoms with Crippen LogP contribution >= 0.6 is 0 Å². The summed E-state index contributed by atoms with van der Waals surface area (Å²) in [6.45, 7) is 17.7. The number of hydrogen-bond acceptors (Lipinski definition) is 1. The van der Waals surface area contributed by atoms with Crippen LogP contribution in [-0.2, 0) is 0 Å². The Bertz CT molecular complexity index is 410. The van der Waals surface area contributed by atoms with Crippen LogP contribution in [0.2, 0.25) is 45.8 Å². The van der Waals surface area contributed by atoms with Gasteiger partial charge in [-0.05, 0) is 0 Å². The van der Waals surface area contributed by atoms with E-state index in [1.807, 2.05) is 12.1 Å². The molecule has 0 saturated heterocycles. The van der Waals surface area contributed by atoms with Gasteiger partial charge >= 0.3 is 0 Å². The van der Waals surface area contributed by atoms with E-state index < -0.39 is 22.3 Å². The number of carbonyl (C=O) groups is 1. The lowest BCUT2D eigenvalue weighted by Crippen LogP contribution is -2.76. The fourth-order valence-electron chi connectivity index (χ4n) is 2.89. The van der Waals surface area contributed by atoms with E-state index in [1.165, 1.54) is 0 Å². The first-order valence-corrected chi connectivity index (χ1v) is 18.1. The van der Waals surface area contributed by atoms with E-state index in [2.05, 4.69) is 58.0 Å². The van der Waals surface area contributed by atoms with Crippen molar-refractivity contribution in [2.75, 3.05) is 0 Å². The summed E-state index contributed by atoms with van der Waals surface area (Å²) in [7, 11) is -3.81. The van der Waals surface area contributed by atoms with Gasteiger partial charge in [-0.3, -0.25) is 4.79 Å². The van der Waals surface area contributed by atoms with Gasteiger partial charge in [0, 0.05) is 20.7 Å². The van der Waals surface area contributed by atoms with Crippen molar-refractivity contribution >= 4 is 33.8 Å². The highest BCUT2D eigenvalue weighted by Crippen LogP contribution is 2.28. The third kappa shape index (κ3) is 2.60. The zero-order chi connectivity index (χ0) is 14.2. The average Bonchev–Trinajstić information content (AvgIpc) is 2.25. The van der Waals surface area contributed by atoms with Crippen LogP contribution in [0, 0.1) is 0 Å². The molecule has 0 aliphatic rings. The molecule has 1 rings (SSSR count). The van der Waals surface area contributed by atoms with E-state index in [-0.39, 0.29) is 0 Å². The molecule has 1 aromatic carbocycles. The summed E-state index contributed by atoms with van der Waals surface area (Å²) < 4.78 is 0. The van der Waals surface area contributed by atoms with Gasteiger partial charge in [0.1, 0.15) is 6.29 Å². The molecule has 4 heteroatoms. The van der Waals surface area contributed by atoms with Gasteiger partial charge in [0.2, 0.25) is 0 Å². The second-order valence-corrected chi connectivity index (χ2v) is 35.7. The minimum Gasteiger partial charge on any atom is -0.298 e. The molecule has 0 N–H and O–H groups in total. The molecule has 100 valence electrons. The van der Waals surface area contributed by atoms with Crippen molar-refractivity contribution in [1.29, 1.82) is 0 Å². The molecule has 0 spiro atoms. The monoisotopic (exact) mass is 294 g/mol. The van der Waals surface area contributed by atoms with Crippen LogP contribution < -0.4 is 5.19 Å². The van der Waals surface area contributed by atoms with E-state index in [0.29, 0.717) is 0 Å². The lowest BCUT2D eigenvalue weighted by molar-refractivity contribution is 0.112. The van der Waals surface area contributed by atoms with E-state index >= 15 is 0 Å². The summed E-state index contributed by atoms with van der Waals surface area (Å²) in [4.78, 5) is 10.8. The zero-order valence-corrected chi connectivity index (χ0v) is 15.8. The molecule has 0 saturated carbocycles. The molecule has 1 nitrogen and oxygen atoms in total. The van der Waals surface area contributed by atoms with Gasteiger partial charge in [-0.25, -0.2) is 0 Å². The fourth-order valence-corrected chi connectivity index (χ4v) is 40.9. The maximum Gasteiger partial charge on any atom is 0.150 e. The van der Waals surface area contributed by atoms with Gasteiger partial charge < -0.3 is 0 Å². The van der Waals surface area contributed by atoms with Crippen LogP contribution in [0.5, 0.6) is 0 Å². The van der Waals surface area contributed by atoms with Crippen molar-refractivity contribution in [2.24, 2.45) is 0 Å². The molecule has 0 heterocycles. The summed E-state index contributed by atoms with van der Waals surface area (Å²) >= 11 is 0. The largest absolute Gasteiger partial charge is 0.298 e. The van der Waals surface area contributed by atoms with Crippen LogP contribution in [0.3, 0.4) is 0 Å². The van der Waals surface area contributed by atoms with E-state index in [4.69, 9.17) is 0 Å². The molecule has 0 amide bonds. The number of rotatable bonds is 4. The van der Waals surface area contributed by atoms with Crippen LogP contribution in [0.25, 0.3) is 0 Å². The standard InChI is InChI=1S/C14H26OSi3/c1-16(2,3)18(7,17(4,5)6)14-10-8-13(12-15)9-11-14/h8-12H,1-7H3. The normalized spacial score (nSPS) is 13.5. The van der Waals surface area contributed by atoms with Crippen LogP contribution in [0.1, 0.15) is 10.4 Å². The van der Waals surface area contributed by atoms with Crippen molar-refractivity contribution < 1.29 is 4.79 Å². The lowest BCUT2D eigenvalue weighted by atomic mass is 10.2. The maximum atomic E-state index is 10.8.